The summed E-state index contributed by atoms with van der Waals surface area (Å²) in [5, 5.41) is 4.72. The summed E-state index contributed by atoms with van der Waals surface area (Å²) in [6.45, 7) is 2.74. The van der Waals surface area contributed by atoms with Gasteiger partial charge in [0.25, 0.3) is 5.56 Å². The highest BCUT2D eigenvalue weighted by atomic mass is 16.1. The maximum Gasteiger partial charge on any atom is 0.267 e. The van der Waals surface area contributed by atoms with Gasteiger partial charge in [-0.05, 0) is 63.5 Å². The molecule has 3 heterocycles. The van der Waals surface area contributed by atoms with E-state index in [1.807, 2.05) is 18.6 Å². The van der Waals surface area contributed by atoms with Gasteiger partial charge in [0.05, 0.1) is 24.3 Å². The summed E-state index contributed by atoms with van der Waals surface area (Å²) < 4.78 is 4.07. The quantitative estimate of drug-likeness (QED) is 0.828. The molecule has 0 radical (unpaired) electrons. The first-order chi connectivity index (χ1) is 12.8. The van der Waals surface area contributed by atoms with E-state index < -0.39 is 0 Å². The van der Waals surface area contributed by atoms with Gasteiger partial charge < -0.3 is 4.57 Å². The Morgan fingerprint density at radius 1 is 1.12 bits per heavy atom. The lowest BCUT2D eigenvalue weighted by Gasteiger charge is -2.25. The highest BCUT2D eigenvalue weighted by Gasteiger charge is 2.29. The van der Waals surface area contributed by atoms with E-state index in [0.717, 1.165) is 38.0 Å². The Balaban J connectivity index is 1.33. The molecule has 0 bridgehead atoms. The largest absolute Gasteiger partial charge is 0.330 e. The molecule has 6 nitrogen and oxygen atoms in total. The van der Waals surface area contributed by atoms with E-state index in [1.54, 1.807) is 4.68 Å². The summed E-state index contributed by atoms with van der Waals surface area (Å²) in [5.74, 6) is 0. The van der Waals surface area contributed by atoms with Crippen molar-refractivity contribution in [1.29, 1.82) is 0 Å². The average molecular weight is 353 g/mol. The van der Waals surface area contributed by atoms with Gasteiger partial charge in [-0.3, -0.25) is 9.69 Å². The van der Waals surface area contributed by atoms with Crippen LogP contribution in [0.15, 0.2) is 23.4 Å². The Bertz CT molecular complexity index is 850. The SMILES string of the molecule is O=c1cc2c(nn1CC1CCCN1Cc1cncn1C1CC1)CCCC2. The fraction of sp³-hybridized carbons (Fsp3) is 0.650. The normalized spacial score (nSPS) is 23.3. The Morgan fingerprint density at radius 2 is 2.00 bits per heavy atom. The number of hydrogen-bond donors (Lipinski definition) is 0. The molecule has 138 valence electrons. The van der Waals surface area contributed by atoms with Gasteiger partial charge in [0, 0.05) is 30.9 Å². The van der Waals surface area contributed by atoms with Gasteiger partial charge in [-0.2, -0.15) is 5.10 Å². The Hall–Kier alpha value is -1.95. The van der Waals surface area contributed by atoms with E-state index in [4.69, 9.17) is 5.10 Å². The minimum atomic E-state index is 0.0699. The van der Waals surface area contributed by atoms with Gasteiger partial charge in [0.15, 0.2) is 0 Å². The number of imidazole rings is 1. The number of aryl methyl sites for hydroxylation is 2. The van der Waals surface area contributed by atoms with Crippen molar-refractivity contribution < 1.29 is 0 Å². The van der Waals surface area contributed by atoms with E-state index in [9.17, 15) is 4.79 Å². The van der Waals surface area contributed by atoms with Crippen molar-refractivity contribution in [2.75, 3.05) is 6.54 Å². The monoisotopic (exact) mass is 353 g/mol. The van der Waals surface area contributed by atoms with Crippen LogP contribution < -0.4 is 5.56 Å². The zero-order valence-electron chi connectivity index (χ0n) is 15.3. The summed E-state index contributed by atoms with van der Waals surface area (Å²) in [6.07, 6.45) is 13.3. The van der Waals surface area contributed by atoms with Crippen LogP contribution in [0.5, 0.6) is 0 Å². The second-order valence-electron chi connectivity index (χ2n) is 8.13. The van der Waals surface area contributed by atoms with Crippen molar-refractivity contribution in [3.63, 3.8) is 0 Å². The number of fused-ring (bicyclic) bond motifs is 1. The van der Waals surface area contributed by atoms with Crippen LogP contribution in [0.2, 0.25) is 0 Å². The summed E-state index contributed by atoms with van der Waals surface area (Å²) in [7, 11) is 0. The van der Waals surface area contributed by atoms with E-state index in [-0.39, 0.29) is 5.56 Å². The van der Waals surface area contributed by atoms with Crippen molar-refractivity contribution in [3.05, 3.63) is 45.9 Å². The third-order valence-corrected chi connectivity index (χ3v) is 6.21. The van der Waals surface area contributed by atoms with Crippen LogP contribution in [0.3, 0.4) is 0 Å². The number of rotatable bonds is 5. The third-order valence-electron chi connectivity index (χ3n) is 6.21. The topological polar surface area (TPSA) is 56.0 Å². The lowest BCUT2D eigenvalue weighted by Crippen LogP contribution is -2.37. The van der Waals surface area contributed by atoms with Crippen molar-refractivity contribution in [3.8, 4) is 0 Å². The van der Waals surface area contributed by atoms with E-state index in [0.29, 0.717) is 18.6 Å². The lowest BCUT2D eigenvalue weighted by molar-refractivity contribution is 0.211. The fourth-order valence-electron chi connectivity index (χ4n) is 4.59. The van der Waals surface area contributed by atoms with Gasteiger partial charge in [-0.25, -0.2) is 9.67 Å². The zero-order chi connectivity index (χ0) is 17.5. The van der Waals surface area contributed by atoms with Gasteiger partial charge in [-0.15, -0.1) is 0 Å². The van der Waals surface area contributed by atoms with Crippen LogP contribution in [0.25, 0.3) is 0 Å². The van der Waals surface area contributed by atoms with E-state index >= 15 is 0 Å². The summed E-state index contributed by atoms with van der Waals surface area (Å²) >= 11 is 0. The Kier molecular flexibility index (Phi) is 4.15. The molecule has 1 saturated carbocycles. The molecule has 0 N–H and O–H groups in total. The van der Waals surface area contributed by atoms with E-state index in [1.165, 1.54) is 43.4 Å². The van der Waals surface area contributed by atoms with Crippen LogP contribution in [0.4, 0.5) is 0 Å². The average Bonchev–Trinajstić information content (AvgIpc) is 3.23. The molecule has 0 spiro atoms. The summed E-state index contributed by atoms with van der Waals surface area (Å²) in [5.41, 5.74) is 3.70. The molecule has 6 heteroatoms. The van der Waals surface area contributed by atoms with Gasteiger partial charge in [-0.1, -0.05) is 0 Å². The number of hydrogen-bond acceptors (Lipinski definition) is 4. The molecule has 2 aromatic rings. The third kappa shape index (κ3) is 3.11. The molecule has 1 unspecified atom stereocenters. The molecule has 2 fully saturated rings. The summed E-state index contributed by atoms with van der Waals surface area (Å²) in [6, 6.07) is 2.89. The van der Waals surface area contributed by atoms with Gasteiger partial charge in [0.2, 0.25) is 0 Å². The number of nitrogens with zero attached hydrogens (tertiary/aromatic N) is 5. The number of likely N-dealkylation sites (tertiary alicyclic amines) is 1. The molecule has 1 aliphatic heterocycles. The molecule has 2 aliphatic carbocycles. The lowest BCUT2D eigenvalue weighted by atomic mass is 9.97. The van der Waals surface area contributed by atoms with Gasteiger partial charge >= 0.3 is 0 Å². The van der Waals surface area contributed by atoms with Crippen molar-refractivity contribution in [2.45, 2.75) is 76.5 Å². The Morgan fingerprint density at radius 3 is 2.88 bits per heavy atom. The van der Waals surface area contributed by atoms with Gasteiger partial charge in [0.1, 0.15) is 0 Å². The predicted molar refractivity (Wildman–Crippen MR) is 99.1 cm³/mol. The molecular weight excluding hydrogens is 326 g/mol. The standard InChI is InChI=1S/C20H27N5O/c26-20-10-15-4-1-2-6-19(15)22-25(20)13-17-5-3-9-23(17)12-18-11-21-14-24(18)16-7-8-16/h10-11,14,16-17H,1-9,12-13H2. The maximum absolute atomic E-state index is 12.5. The molecule has 0 aromatic carbocycles. The molecule has 2 aromatic heterocycles. The Labute approximate surface area is 153 Å². The van der Waals surface area contributed by atoms with Crippen LogP contribution in [0.1, 0.15) is 61.5 Å². The predicted octanol–water partition coefficient (Wildman–Crippen LogP) is 2.32. The number of aromatic nitrogens is 4. The second kappa shape index (κ2) is 6.65. The smallest absolute Gasteiger partial charge is 0.267 e. The molecule has 1 saturated heterocycles. The first kappa shape index (κ1) is 16.2. The zero-order valence-corrected chi connectivity index (χ0v) is 15.3. The first-order valence-electron chi connectivity index (χ1n) is 10.1. The molecule has 0 amide bonds. The van der Waals surface area contributed by atoms with Crippen molar-refractivity contribution in [1.82, 2.24) is 24.2 Å². The van der Waals surface area contributed by atoms with Crippen LogP contribution in [-0.2, 0) is 25.9 Å². The highest BCUT2D eigenvalue weighted by Crippen LogP contribution is 2.36. The first-order valence-corrected chi connectivity index (χ1v) is 10.1. The fourth-order valence-corrected chi connectivity index (χ4v) is 4.59. The minimum Gasteiger partial charge on any atom is -0.330 e. The summed E-state index contributed by atoms with van der Waals surface area (Å²) in [4.78, 5) is 19.4. The van der Waals surface area contributed by atoms with Crippen LogP contribution >= 0.6 is 0 Å². The molecule has 5 rings (SSSR count). The molecule has 26 heavy (non-hydrogen) atoms. The second-order valence-corrected chi connectivity index (χ2v) is 8.13. The molecule has 3 aliphatic rings. The van der Waals surface area contributed by atoms with Crippen molar-refractivity contribution >= 4 is 0 Å². The maximum atomic E-state index is 12.5. The van der Waals surface area contributed by atoms with Crippen LogP contribution in [0, 0.1) is 0 Å². The minimum absolute atomic E-state index is 0.0699. The molecule has 1 atom stereocenters. The van der Waals surface area contributed by atoms with Crippen LogP contribution in [-0.4, -0.2) is 36.8 Å². The van der Waals surface area contributed by atoms with Crippen molar-refractivity contribution in [2.24, 2.45) is 0 Å². The van der Waals surface area contributed by atoms with E-state index in [2.05, 4.69) is 14.5 Å². The highest BCUT2D eigenvalue weighted by molar-refractivity contribution is 5.20. The molecular formula is C20H27N5O.